The Hall–Kier alpha value is -1.22. The molecule has 0 spiro atoms. The summed E-state index contributed by atoms with van der Waals surface area (Å²) in [6.45, 7) is 4.03. The number of rotatable bonds is 4. The van der Waals surface area contributed by atoms with E-state index in [1.54, 1.807) is 14.0 Å². The quantitative estimate of drug-likeness (QED) is 0.901. The maximum Gasteiger partial charge on any atom is 0.161 e. The second-order valence-corrected chi connectivity index (χ2v) is 5.60. The molecule has 0 radical (unpaired) electrons. The van der Waals surface area contributed by atoms with Crippen LogP contribution in [0.3, 0.4) is 0 Å². The predicted molar refractivity (Wildman–Crippen MR) is 75.7 cm³/mol. The molecule has 3 atom stereocenters. The van der Waals surface area contributed by atoms with Crippen molar-refractivity contribution in [3.8, 4) is 11.5 Å². The van der Waals surface area contributed by atoms with E-state index in [4.69, 9.17) is 9.47 Å². The Morgan fingerprint density at radius 3 is 2.68 bits per heavy atom. The smallest absolute Gasteiger partial charge is 0.161 e. The van der Waals surface area contributed by atoms with Crippen LogP contribution in [0.5, 0.6) is 11.5 Å². The second-order valence-electron chi connectivity index (χ2n) is 5.60. The largest absolute Gasteiger partial charge is 0.493 e. The number of hydrogen-bond acceptors (Lipinski definition) is 3. The van der Waals surface area contributed by atoms with Gasteiger partial charge in [-0.1, -0.05) is 19.4 Å². The van der Waals surface area contributed by atoms with Crippen LogP contribution in [-0.2, 0) is 0 Å². The van der Waals surface area contributed by atoms with Crippen molar-refractivity contribution in [1.29, 1.82) is 0 Å². The van der Waals surface area contributed by atoms with Gasteiger partial charge in [-0.05, 0) is 49.8 Å². The van der Waals surface area contributed by atoms with E-state index >= 15 is 0 Å². The Bertz CT molecular complexity index is 414. The second kappa shape index (κ2) is 6.29. The van der Waals surface area contributed by atoms with Crippen LogP contribution in [0.2, 0.25) is 0 Å². The fourth-order valence-corrected chi connectivity index (χ4v) is 2.71. The minimum atomic E-state index is -0.488. The summed E-state index contributed by atoms with van der Waals surface area (Å²) in [5.74, 6) is 2.23. The Kier molecular flexibility index (Phi) is 4.70. The summed E-state index contributed by atoms with van der Waals surface area (Å²) in [4.78, 5) is 0. The van der Waals surface area contributed by atoms with Gasteiger partial charge in [-0.25, -0.2) is 0 Å². The van der Waals surface area contributed by atoms with Crippen LogP contribution >= 0.6 is 0 Å². The Morgan fingerprint density at radius 2 is 2.05 bits per heavy atom. The van der Waals surface area contributed by atoms with E-state index in [1.807, 2.05) is 18.2 Å². The lowest BCUT2D eigenvalue weighted by atomic mass is 9.89. The topological polar surface area (TPSA) is 38.7 Å². The SMILES string of the molecule is COc1cc([C@@H](C)O)ccc1OC1CCCC(C)C1. The standard InChI is InChI=1S/C16H24O3/c1-11-5-4-6-14(9-11)19-15-8-7-13(12(2)17)10-16(15)18-3/h7-8,10-12,14,17H,4-6,9H2,1-3H3/t11?,12-,14?/m1/s1. The number of aliphatic hydroxyl groups excluding tert-OH is 1. The molecule has 0 aliphatic heterocycles. The Labute approximate surface area is 115 Å². The molecule has 19 heavy (non-hydrogen) atoms. The molecule has 1 aromatic rings. The number of aliphatic hydroxyl groups is 1. The van der Waals surface area contributed by atoms with Crippen LogP contribution in [0.1, 0.15) is 51.2 Å². The number of methoxy groups -OCH3 is 1. The van der Waals surface area contributed by atoms with Gasteiger partial charge >= 0.3 is 0 Å². The van der Waals surface area contributed by atoms with Gasteiger partial charge in [0.15, 0.2) is 11.5 Å². The fourth-order valence-electron chi connectivity index (χ4n) is 2.71. The molecule has 0 bridgehead atoms. The molecule has 1 saturated carbocycles. The number of ether oxygens (including phenoxy) is 2. The van der Waals surface area contributed by atoms with E-state index in [-0.39, 0.29) is 6.10 Å². The monoisotopic (exact) mass is 264 g/mol. The molecule has 1 N–H and O–H groups in total. The van der Waals surface area contributed by atoms with E-state index in [0.717, 1.165) is 30.1 Å². The van der Waals surface area contributed by atoms with Gasteiger partial charge in [-0.2, -0.15) is 0 Å². The van der Waals surface area contributed by atoms with Crippen molar-refractivity contribution >= 4 is 0 Å². The Balaban J connectivity index is 2.11. The first-order valence-electron chi connectivity index (χ1n) is 7.12. The van der Waals surface area contributed by atoms with Crippen LogP contribution < -0.4 is 9.47 Å². The fraction of sp³-hybridized carbons (Fsp3) is 0.625. The van der Waals surface area contributed by atoms with E-state index in [0.29, 0.717) is 5.75 Å². The highest BCUT2D eigenvalue weighted by Gasteiger charge is 2.21. The molecule has 2 rings (SSSR count). The Morgan fingerprint density at radius 1 is 1.26 bits per heavy atom. The lowest BCUT2D eigenvalue weighted by molar-refractivity contribution is 0.125. The zero-order valence-electron chi connectivity index (χ0n) is 12.1. The summed E-state index contributed by atoms with van der Waals surface area (Å²) in [6, 6.07) is 5.65. The van der Waals surface area contributed by atoms with Crippen LogP contribution in [0.25, 0.3) is 0 Å². The van der Waals surface area contributed by atoms with Gasteiger partial charge in [-0.3, -0.25) is 0 Å². The summed E-state index contributed by atoms with van der Waals surface area (Å²) < 4.78 is 11.4. The highest BCUT2D eigenvalue weighted by atomic mass is 16.5. The molecule has 3 heteroatoms. The molecule has 0 aromatic heterocycles. The molecule has 1 aliphatic rings. The third-order valence-electron chi connectivity index (χ3n) is 3.85. The van der Waals surface area contributed by atoms with E-state index in [1.165, 1.54) is 12.8 Å². The van der Waals surface area contributed by atoms with Crippen LogP contribution in [-0.4, -0.2) is 18.3 Å². The van der Waals surface area contributed by atoms with Gasteiger partial charge in [0.2, 0.25) is 0 Å². The molecule has 2 unspecified atom stereocenters. The van der Waals surface area contributed by atoms with Crippen molar-refractivity contribution < 1.29 is 14.6 Å². The number of benzene rings is 1. The molecule has 1 aromatic carbocycles. The normalized spacial score (nSPS) is 24.8. The lowest BCUT2D eigenvalue weighted by Gasteiger charge is -2.28. The average Bonchev–Trinajstić information content (AvgIpc) is 2.39. The van der Waals surface area contributed by atoms with Crippen LogP contribution in [0, 0.1) is 5.92 Å². The first-order valence-corrected chi connectivity index (χ1v) is 7.12. The molecule has 1 fully saturated rings. The summed E-state index contributed by atoms with van der Waals surface area (Å²) >= 11 is 0. The van der Waals surface area contributed by atoms with Crippen molar-refractivity contribution in [3.63, 3.8) is 0 Å². The third-order valence-corrected chi connectivity index (χ3v) is 3.85. The zero-order chi connectivity index (χ0) is 13.8. The van der Waals surface area contributed by atoms with E-state index < -0.39 is 6.10 Å². The molecule has 106 valence electrons. The maximum absolute atomic E-state index is 9.59. The van der Waals surface area contributed by atoms with Crippen molar-refractivity contribution in [2.75, 3.05) is 7.11 Å². The highest BCUT2D eigenvalue weighted by molar-refractivity contribution is 5.43. The zero-order valence-corrected chi connectivity index (χ0v) is 12.1. The van der Waals surface area contributed by atoms with Gasteiger partial charge in [0.25, 0.3) is 0 Å². The summed E-state index contributed by atoms with van der Waals surface area (Å²) in [7, 11) is 1.64. The molecule has 3 nitrogen and oxygen atoms in total. The minimum absolute atomic E-state index is 0.287. The third kappa shape index (κ3) is 3.63. The van der Waals surface area contributed by atoms with Crippen molar-refractivity contribution in [2.24, 2.45) is 5.92 Å². The van der Waals surface area contributed by atoms with E-state index in [2.05, 4.69) is 6.92 Å². The first-order chi connectivity index (χ1) is 9.10. The maximum atomic E-state index is 9.59. The molecule has 0 heterocycles. The molecular formula is C16H24O3. The van der Waals surface area contributed by atoms with Gasteiger partial charge in [0, 0.05) is 0 Å². The van der Waals surface area contributed by atoms with Gasteiger partial charge in [-0.15, -0.1) is 0 Å². The minimum Gasteiger partial charge on any atom is -0.493 e. The summed E-state index contributed by atoms with van der Waals surface area (Å²) in [5.41, 5.74) is 0.848. The first kappa shape index (κ1) is 14.2. The molecule has 0 saturated heterocycles. The van der Waals surface area contributed by atoms with Crippen molar-refractivity contribution in [1.82, 2.24) is 0 Å². The molecule has 0 amide bonds. The van der Waals surface area contributed by atoms with Crippen LogP contribution in [0.15, 0.2) is 18.2 Å². The summed E-state index contributed by atoms with van der Waals surface area (Å²) in [6.07, 6.45) is 4.57. The summed E-state index contributed by atoms with van der Waals surface area (Å²) in [5, 5.41) is 9.59. The lowest BCUT2D eigenvalue weighted by Crippen LogP contribution is -2.24. The van der Waals surface area contributed by atoms with Gasteiger partial charge in [0.05, 0.1) is 19.3 Å². The van der Waals surface area contributed by atoms with Crippen LogP contribution in [0.4, 0.5) is 0 Å². The highest BCUT2D eigenvalue weighted by Crippen LogP contribution is 2.34. The molecule has 1 aliphatic carbocycles. The van der Waals surface area contributed by atoms with Gasteiger partial charge in [0.1, 0.15) is 0 Å². The van der Waals surface area contributed by atoms with E-state index in [9.17, 15) is 5.11 Å². The van der Waals surface area contributed by atoms with Gasteiger partial charge < -0.3 is 14.6 Å². The molecular weight excluding hydrogens is 240 g/mol. The van der Waals surface area contributed by atoms with Crippen molar-refractivity contribution in [2.45, 2.75) is 51.7 Å². The predicted octanol–water partition coefficient (Wildman–Crippen LogP) is 3.71. The average molecular weight is 264 g/mol. The van der Waals surface area contributed by atoms with Crippen molar-refractivity contribution in [3.05, 3.63) is 23.8 Å². The number of hydrogen-bond donors (Lipinski definition) is 1.